The fourth-order valence-corrected chi connectivity index (χ4v) is 2.76. The number of carboxylic acids is 3. The molecule has 3 atom stereocenters. The van der Waals surface area contributed by atoms with E-state index in [4.69, 9.17) is 0 Å². The van der Waals surface area contributed by atoms with Gasteiger partial charge in [-0.1, -0.05) is 0 Å². The Labute approximate surface area is 283 Å². The first-order valence-electron chi connectivity index (χ1n) is 9.34. The zero-order valence-electron chi connectivity index (χ0n) is 20.7. The number of hydrogen-bond donors (Lipinski definition) is 3. The topological polar surface area (TPSA) is 311 Å². The Morgan fingerprint density at radius 3 is 0.821 bits per heavy atom. The molecule has 3 aliphatic heterocycles. The maximum absolute atomic E-state index is 10.7. The van der Waals surface area contributed by atoms with E-state index in [1.165, 1.54) is 0 Å². The molecular weight excluding hydrogens is 573 g/mol. The number of carboxylic acid groups (broad SMARTS) is 3. The van der Waals surface area contributed by atoms with Crippen molar-refractivity contribution in [3.05, 3.63) is 0 Å². The van der Waals surface area contributed by atoms with Gasteiger partial charge in [0.1, 0.15) is 0 Å². The third-order valence-electron chi connectivity index (χ3n) is 4.38. The van der Waals surface area contributed by atoms with E-state index >= 15 is 0 Å². The van der Waals surface area contributed by atoms with Gasteiger partial charge in [-0.2, -0.15) is 0 Å². The van der Waals surface area contributed by atoms with Crippen LogP contribution in [0.3, 0.4) is 0 Å². The maximum atomic E-state index is 10.7. The van der Waals surface area contributed by atoms with Gasteiger partial charge < -0.3 is 59.2 Å². The van der Waals surface area contributed by atoms with E-state index in [9.17, 15) is 73.8 Å². The number of esters is 6. The molecule has 39 heavy (non-hydrogen) atoms. The Kier molecular flexibility index (Phi) is 18.2. The molecule has 0 aromatic rings. The van der Waals surface area contributed by atoms with Crippen molar-refractivity contribution in [3.8, 4) is 0 Å². The van der Waals surface area contributed by atoms with Crippen LogP contribution in [0.25, 0.3) is 0 Å². The van der Waals surface area contributed by atoms with Gasteiger partial charge in [0, 0.05) is 37.2 Å². The van der Waals surface area contributed by atoms with Gasteiger partial charge in [0.25, 0.3) is 0 Å². The molecule has 3 saturated heterocycles. The molecule has 0 spiro atoms. The number of carbonyl (C=O) groups is 9. The van der Waals surface area contributed by atoms with E-state index < -0.39 is 109 Å². The van der Waals surface area contributed by atoms with Gasteiger partial charge in [-0.3, -0.25) is 14.4 Å². The molecule has 0 aromatic carbocycles. The van der Waals surface area contributed by atoms with Crippen molar-refractivity contribution in [2.45, 2.75) is 55.3 Å². The molecule has 3 rings (SSSR count). The van der Waals surface area contributed by atoms with Crippen LogP contribution in [0.1, 0.15) is 38.5 Å². The first kappa shape index (κ1) is 42.2. The SMILES string of the molecule is O=C([O-])CC1(O)CC(=O)OC1=O.O=C([O-])CC1(O)CC(=O)OC1=O.O=C([O-])CC1(O)CC(=O)OC1=O.[Na+].[Na+].[Na+]. The minimum absolute atomic E-state index is 0. The van der Waals surface area contributed by atoms with E-state index in [-0.39, 0.29) is 88.7 Å². The largest absolute Gasteiger partial charge is 1.00 e. The predicted molar refractivity (Wildman–Crippen MR) is 90.9 cm³/mol. The van der Waals surface area contributed by atoms with Gasteiger partial charge in [0.05, 0.1) is 19.3 Å². The molecule has 3 heterocycles. The average molecular weight is 588 g/mol. The Morgan fingerprint density at radius 1 is 0.538 bits per heavy atom. The number of aliphatic hydroxyl groups is 3. The minimum atomic E-state index is -2.23. The van der Waals surface area contributed by atoms with Crippen LogP contribution in [-0.2, 0) is 57.4 Å². The summed E-state index contributed by atoms with van der Waals surface area (Å²) in [6.07, 6.45) is -4.63. The molecular formula is C18H15Na3O18. The third kappa shape index (κ3) is 12.8. The quantitative estimate of drug-likeness (QED) is 0.112. The van der Waals surface area contributed by atoms with Crippen LogP contribution >= 0.6 is 0 Å². The molecule has 3 unspecified atom stereocenters. The fourth-order valence-electron chi connectivity index (χ4n) is 2.76. The van der Waals surface area contributed by atoms with Crippen LogP contribution in [0.5, 0.6) is 0 Å². The molecule has 0 bridgehead atoms. The maximum Gasteiger partial charge on any atom is 1.00 e. The molecule has 0 amide bonds. The van der Waals surface area contributed by atoms with Crippen molar-refractivity contribution in [1.82, 2.24) is 0 Å². The van der Waals surface area contributed by atoms with Crippen molar-refractivity contribution in [2.75, 3.05) is 0 Å². The van der Waals surface area contributed by atoms with Crippen molar-refractivity contribution in [1.29, 1.82) is 0 Å². The van der Waals surface area contributed by atoms with E-state index in [1.54, 1.807) is 0 Å². The summed E-state index contributed by atoms with van der Waals surface area (Å²) in [5, 5.41) is 57.6. The van der Waals surface area contributed by atoms with Crippen molar-refractivity contribution >= 4 is 53.7 Å². The Morgan fingerprint density at radius 2 is 0.718 bits per heavy atom. The normalized spacial score (nSPS) is 26.5. The second kappa shape index (κ2) is 16.8. The van der Waals surface area contributed by atoms with Crippen LogP contribution in [0.15, 0.2) is 0 Å². The van der Waals surface area contributed by atoms with E-state index in [0.717, 1.165) is 0 Å². The zero-order valence-corrected chi connectivity index (χ0v) is 26.7. The molecule has 0 aromatic heterocycles. The molecule has 0 aliphatic carbocycles. The summed E-state index contributed by atoms with van der Waals surface area (Å²) in [6.45, 7) is 0. The number of cyclic esters (lactones) is 6. The fraction of sp³-hybridized carbons (Fsp3) is 0.500. The Hall–Kier alpha value is -1.29. The second-order valence-corrected chi connectivity index (χ2v) is 7.56. The monoisotopic (exact) mass is 588 g/mol. The van der Waals surface area contributed by atoms with Gasteiger partial charge in [0.15, 0.2) is 16.8 Å². The number of aliphatic carboxylic acids is 3. The summed E-state index contributed by atoms with van der Waals surface area (Å²) >= 11 is 0. The molecule has 0 saturated carbocycles. The summed E-state index contributed by atoms with van der Waals surface area (Å²) in [5.41, 5.74) is -6.68. The second-order valence-electron chi connectivity index (χ2n) is 7.56. The number of ether oxygens (including phenoxy) is 3. The molecule has 3 aliphatic rings. The summed E-state index contributed by atoms with van der Waals surface area (Å²) in [5.74, 6) is -11.3. The van der Waals surface area contributed by atoms with E-state index in [2.05, 4.69) is 14.2 Å². The van der Waals surface area contributed by atoms with Gasteiger partial charge in [-0.15, -0.1) is 0 Å². The summed E-state index contributed by atoms with van der Waals surface area (Å²) in [4.78, 5) is 93.3. The Bertz CT molecular complexity index is 914. The smallest absolute Gasteiger partial charge is 0.550 e. The molecule has 198 valence electrons. The summed E-state index contributed by atoms with van der Waals surface area (Å²) in [6, 6.07) is 0. The predicted octanol–water partition coefficient (Wildman–Crippen LogP) is -17.0. The first-order valence-corrected chi connectivity index (χ1v) is 9.34. The van der Waals surface area contributed by atoms with Crippen LogP contribution in [0.4, 0.5) is 0 Å². The third-order valence-corrected chi connectivity index (χ3v) is 4.38. The van der Waals surface area contributed by atoms with Crippen LogP contribution in [0.2, 0.25) is 0 Å². The molecule has 0 radical (unpaired) electrons. The molecule has 3 N–H and O–H groups in total. The molecule has 21 heteroatoms. The molecule has 3 fully saturated rings. The van der Waals surface area contributed by atoms with Crippen molar-refractivity contribution < 1.29 is 177 Å². The minimum Gasteiger partial charge on any atom is -0.550 e. The van der Waals surface area contributed by atoms with Crippen LogP contribution < -0.4 is 104 Å². The van der Waals surface area contributed by atoms with Gasteiger partial charge >= 0.3 is 124 Å². The van der Waals surface area contributed by atoms with E-state index in [1.807, 2.05) is 0 Å². The zero-order chi connectivity index (χ0) is 28.1. The summed E-state index contributed by atoms with van der Waals surface area (Å²) in [7, 11) is 0. The van der Waals surface area contributed by atoms with E-state index in [0.29, 0.717) is 0 Å². The van der Waals surface area contributed by atoms with Gasteiger partial charge in [-0.25, -0.2) is 14.4 Å². The number of carbonyl (C=O) groups excluding carboxylic acids is 9. The van der Waals surface area contributed by atoms with Crippen LogP contribution in [0, 0.1) is 0 Å². The summed E-state index contributed by atoms with van der Waals surface area (Å²) < 4.78 is 11.9. The average Bonchev–Trinajstić information content (AvgIpc) is 3.15. The van der Waals surface area contributed by atoms with Crippen molar-refractivity contribution in [3.63, 3.8) is 0 Å². The standard InChI is InChI=1S/3C6H6O6.3Na/c3*7-3(8)1-6(11)2-4(9)12-5(6)10;;;/h3*11H,1-2H2,(H,7,8);;;/q;;;3*+1/p-3. The Balaban J connectivity index is -0.000000480. The van der Waals surface area contributed by atoms with Gasteiger partial charge in [0.2, 0.25) is 0 Å². The number of hydrogen-bond acceptors (Lipinski definition) is 18. The van der Waals surface area contributed by atoms with Crippen molar-refractivity contribution in [2.24, 2.45) is 0 Å². The van der Waals surface area contributed by atoms with Crippen LogP contribution in [-0.4, -0.2) is 85.8 Å². The molecule has 18 nitrogen and oxygen atoms in total. The first-order chi connectivity index (χ1) is 16.3. The van der Waals surface area contributed by atoms with Gasteiger partial charge in [-0.05, 0) is 0 Å². The number of rotatable bonds is 6.